The SMILES string of the molecule is CCCCCCCCCCCCCCCC/C=C/CC/C=C/CCCC(=O)O[C@H](COC(=O)CCCCCCCCCCCCCCCCCCCCCC)CO[C@H]1O[C@H](CS(=O)(=O)O)[C@@H](O)C(O)C1O. The van der Waals surface area contributed by atoms with Gasteiger partial charge in [-0.2, -0.15) is 8.42 Å². The molecule has 0 aliphatic carbocycles. The van der Waals surface area contributed by atoms with Crippen molar-refractivity contribution in [1.82, 2.24) is 0 Å². The van der Waals surface area contributed by atoms with Gasteiger partial charge in [0.05, 0.1) is 6.61 Å². The number of unbranched alkanes of at least 4 members (excludes halogenated alkanes) is 35. The highest BCUT2D eigenvalue weighted by Crippen LogP contribution is 2.24. The Morgan fingerprint density at radius 2 is 0.831 bits per heavy atom. The van der Waals surface area contributed by atoms with Crippen LogP contribution in [0.25, 0.3) is 0 Å². The highest BCUT2D eigenvalue weighted by Gasteiger charge is 2.46. The maximum Gasteiger partial charge on any atom is 0.306 e. The van der Waals surface area contributed by atoms with Gasteiger partial charge in [0.15, 0.2) is 12.4 Å². The summed E-state index contributed by atoms with van der Waals surface area (Å²) in [5, 5.41) is 31.1. The van der Waals surface area contributed by atoms with Gasteiger partial charge < -0.3 is 34.3 Å². The number of esters is 2. The summed E-state index contributed by atoms with van der Waals surface area (Å²) in [5.41, 5.74) is 0. The number of carbonyl (C=O) groups excluding carboxylic acids is 2. The van der Waals surface area contributed by atoms with Crippen molar-refractivity contribution >= 4 is 22.1 Å². The quantitative estimate of drug-likeness (QED) is 0.0196. The standard InChI is InChI=1S/C58H108O12S/c1-3-5-7-9-11-13-15-17-19-21-23-25-26-27-29-31-33-35-37-39-41-43-45-47-54(60)69-51(49-68-58-57(63)56(62)55(61)52(70-58)50-71(64,65)66)48-67-53(59)46-44-42-40-38-36-34-32-30-28-24-22-20-18-16-14-12-10-8-6-4-2/h31,33,39,41,51-52,55-58,61-63H,3-30,32,34-38,40,42-50H2,1-2H3,(H,64,65,66)/b33-31+,41-39+/t51-,52-,55-,56?,57?,58+/m1/s1. The van der Waals surface area contributed by atoms with E-state index in [1.807, 2.05) is 0 Å². The molecule has 71 heavy (non-hydrogen) atoms. The Kier molecular flexibility index (Phi) is 45.2. The Labute approximate surface area is 434 Å². The molecule has 0 aromatic carbocycles. The van der Waals surface area contributed by atoms with Crippen LogP contribution in [0.3, 0.4) is 0 Å². The van der Waals surface area contributed by atoms with Crippen LogP contribution in [0, 0.1) is 0 Å². The topological polar surface area (TPSA) is 186 Å². The molecule has 0 amide bonds. The minimum absolute atomic E-state index is 0.108. The fraction of sp³-hybridized carbons (Fsp3) is 0.897. The Hall–Kier alpha value is -1.87. The van der Waals surface area contributed by atoms with Gasteiger partial charge in [0.2, 0.25) is 0 Å². The first-order chi connectivity index (χ1) is 34.5. The third-order valence-electron chi connectivity index (χ3n) is 13.8. The fourth-order valence-corrected chi connectivity index (χ4v) is 9.92. The molecule has 1 rings (SSSR count). The lowest BCUT2D eigenvalue weighted by atomic mass is 10.00. The van der Waals surface area contributed by atoms with Crippen molar-refractivity contribution in [3.05, 3.63) is 24.3 Å². The van der Waals surface area contributed by atoms with Crippen molar-refractivity contribution < 1.29 is 56.8 Å². The number of allylic oxidation sites excluding steroid dienone is 4. The molecule has 6 atom stereocenters. The van der Waals surface area contributed by atoms with Crippen molar-refractivity contribution in [2.75, 3.05) is 19.0 Å². The summed E-state index contributed by atoms with van der Waals surface area (Å²) in [6.07, 6.45) is 48.1. The lowest BCUT2D eigenvalue weighted by Crippen LogP contribution is -2.60. The molecule has 0 aromatic rings. The monoisotopic (exact) mass is 1030 g/mol. The zero-order chi connectivity index (χ0) is 51.9. The van der Waals surface area contributed by atoms with Gasteiger partial charge in [-0.05, 0) is 44.9 Å². The summed E-state index contributed by atoms with van der Waals surface area (Å²) < 4.78 is 54.4. The van der Waals surface area contributed by atoms with E-state index < -0.39 is 71.2 Å². The molecule has 1 fully saturated rings. The highest BCUT2D eigenvalue weighted by molar-refractivity contribution is 7.85. The molecule has 12 nitrogen and oxygen atoms in total. The minimum atomic E-state index is -4.61. The first kappa shape index (κ1) is 67.1. The zero-order valence-electron chi connectivity index (χ0n) is 45.3. The molecule has 1 aliphatic heterocycles. The minimum Gasteiger partial charge on any atom is -0.462 e. The number of hydrogen-bond donors (Lipinski definition) is 4. The molecule has 1 saturated heterocycles. The summed E-state index contributed by atoms with van der Waals surface area (Å²) in [6, 6.07) is 0. The molecule has 4 N–H and O–H groups in total. The largest absolute Gasteiger partial charge is 0.462 e. The van der Waals surface area contributed by atoms with Gasteiger partial charge in [-0.3, -0.25) is 14.1 Å². The van der Waals surface area contributed by atoms with E-state index in [1.165, 1.54) is 193 Å². The van der Waals surface area contributed by atoms with Crippen LogP contribution >= 0.6 is 0 Å². The van der Waals surface area contributed by atoms with Crippen molar-refractivity contribution in [3.63, 3.8) is 0 Å². The van der Waals surface area contributed by atoms with Crippen molar-refractivity contribution in [2.45, 2.75) is 314 Å². The number of aliphatic hydroxyl groups is 3. The Morgan fingerprint density at radius 1 is 0.465 bits per heavy atom. The fourth-order valence-electron chi connectivity index (χ4n) is 9.23. The van der Waals surface area contributed by atoms with E-state index >= 15 is 0 Å². The second-order valence-electron chi connectivity index (χ2n) is 20.7. The van der Waals surface area contributed by atoms with Gasteiger partial charge in [0.1, 0.15) is 36.8 Å². The van der Waals surface area contributed by atoms with E-state index in [1.54, 1.807) is 0 Å². The molecule has 13 heteroatoms. The van der Waals surface area contributed by atoms with Gasteiger partial charge in [0.25, 0.3) is 10.1 Å². The number of hydrogen-bond acceptors (Lipinski definition) is 11. The average Bonchev–Trinajstić information content (AvgIpc) is 3.34. The van der Waals surface area contributed by atoms with Crippen molar-refractivity contribution in [2.24, 2.45) is 0 Å². The summed E-state index contributed by atoms with van der Waals surface area (Å²) >= 11 is 0. The molecule has 2 unspecified atom stereocenters. The lowest BCUT2D eigenvalue weighted by Gasteiger charge is -2.40. The molecule has 418 valence electrons. The first-order valence-electron chi connectivity index (χ1n) is 29.4. The van der Waals surface area contributed by atoms with Crippen LogP contribution in [-0.2, 0) is 38.7 Å². The molecular formula is C58H108O12S. The summed E-state index contributed by atoms with van der Waals surface area (Å²) in [7, 11) is -4.61. The van der Waals surface area contributed by atoms with Crippen LogP contribution < -0.4 is 0 Å². The smallest absolute Gasteiger partial charge is 0.306 e. The zero-order valence-corrected chi connectivity index (χ0v) is 46.2. The number of rotatable bonds is 51. The van der Waals surface area contributed by atoms with Crippen molar-refractivity contribution in [3.8, 4) is 0 Å². The third kappa shape index (κ3) is 42.1. The van der Waals surface area contributed by atoms with Crippen LogP contribution in [0.4, 0.5) is 0 Å². The maximum absolute atomic E-state index is 12.9. The van der Waals surface area contributed by atoms with E-state index in [9.17, 15) is 37.9 Å². The number of aliphatic hydroxyl groups excluding tert-OH is 3. The highest BCUT2D eigenvalue weighted by atomic mass is 32.2. The number of carbonyl (C=O) groups is 2. The summed E-state index contributed by atoms with van der Waals surface area (Å²) in [4.78, 5) is 25.6. The predicted octanol–water partition coefficient (Wildman–Crippen LogP) is 14.3. The Balaban J connectivity index is 2.32. The van der Waals surface area contributed by atoms with Crippen molar-refractivity contribution in [1.29, 1.82) is 0 Å². The molecule has 0 saturated carbocycles. The molecule has 1 heterocycles. The lowest BCUT2D eigenvalue weighted by molar-refractivity contribution is -0.297. The summed E-state index contributed by atoms with van der Waals surface area (Å²) in [5.74, 6) is -2.02. The van der Waals surface area contributed by atoms with E-state index in [2.05, 4.69) is 38.2 Å². The van der Waals surface area contributed by atoms with Crippen LogP contribution in [0.1, 0.15) is 277 Å². The Morgan fingerprint density at radius 3 is 1.25 bits per heavy atom. The van der Waals surface area contributed by atoms with Gasteiger partial charge in [0, 0.05) is 12.8 Å². The van der Waals surface area contributed by atoms with Crippen LogP contribution in [-0.4, -0.2) is 96.0 Å². The second-order valence-corrected chi connectivity index (χ2v) is 22.2. The van der Waals surface area contributed by atoms with Gasteiger partial charge in [-0.15, -0.1) is 0 Å². The van der Waals surface area contributed by atoms with Gasteiger partial charge in [-0.25, -0.2) is 0 Å². The molecule has 0 bridgehead atoms. The van der Waals surface area contributed by atoms with Crippen LogP contribution in [0.15, 0.2) is 24.3 Å². The van der Waals surface area contributed by atoms with E-state index in [0.717, 1.165) is 38.5 Å². The third-order valence-corrected chi connectivity index (χ3v) is 14.5. The predicted molar refractivity (Wildman–Crippen MR) is 289 cm³/mol. The average molecular weight is 1030 g/mol. The second kappa shape index (κ2) is 47.8. The van der Waals surface area contributed by atoms with Gasteiger partial charge in [-0.1, -0.05) is 244 Å². The molecule has 0 aromatic heterocycles. The molecule has 0 radical (unpaired) electrons. The first-order valence-corrected chi connectivity index (χ1v) is 31.0. The molecule has 0 spiro atoms. The van der Waals surface area contributed by atoms with Gasteiger partial charge >= 0.3 is 11.9 Å². The van der Waals surface area contributed by atoms with E-state index in [0.29, 0.717) is 19.3 Å². The number of ether oxygens (including phenoxy) is 4. The molecule has 1 aliphatic rings. The summed E-state index contributed by atoms with van der Waals surface area (Å²) in [6.45, 7) is 3.80. The van der Waals surface area contributed by atoms with E-state index in [4.69, 9.17) is 18.9 Å². The van der Waals surface area contributed by atoms with E-state index in [-0.39, 0.29) is 19.4 Å². The van der Waals surface area contributed by atoms with Crippen LogP contribution in [0.5, 0.6) is 0 Å². The normalized spacial score (nSPS) is 19.0. The molecular weight excluding hydrogens is 921 g/mol. The maximum atomic E-state index is 12.9. The van der Waals surface area contributed by atoms with Crippen LogP contribution in [0.2, 0.25) is 0 Å². The Bertz CT molecular complexity index is 1390.